The molecule has 3 rings (SSSR count). The Morgan fingerprint density at radius 2 is 1.73 bits per heavy atom. The van der Waals surface area contributed by atoms with Crippen LogP contribution in [0.15, 0.2) is 64.5 Å². The zero-order valence-electron chi connectivity index (χ0n) is 16.2. The summed E-state index contributed by atoms with van der Waals surface area (Å²) in [7, 11) is 0. The van der Waals surface area contributed by atoms with Gasteiger partial charge in [-0.3, -0.25) is 14.4 Å². The number of aryl methyl sites for hydroxylation is 1. The molecular formula is C22H20BrN3O3S. The fraction of sp³-hybridized carbons (Fsp3) is 0.136. The number of amides is 3. The Balaban J connectivity index is 1.46. The number of rotatable bonds is 7. The summed E-state index contributed by atoms with van der Waals surface area (Å²) in [6.45, 7) is 2.17. The van der Waals surface area contributed by atoms with Crippen molar-refractivity contribution in [1.29, 1.82) is 0 Å². The number of carbonyl (C=O) groups is 3. The normalized spacial score (nSPS) is 10.3. The van der Waals surface area contributed by atoms with Gasteiger partial charge in [0, 0.05) is 22.3 Å². The molecule has 0 bridgehead atoms. The SMILES string of the molecule is Cc1cc(NC(=O)CNC(=O)c2ccc(CNC(=O)c3cccs3)cc2)ccc1Br. The predicted octanol–water partition coefficient (Wildman–Crippen LogP) is 4.12. The van der Waals surface area contributed by atoms with Gasteiger partial charge in [0.1, 0.15) is 0 Å². The fourth-order valence-electron chi connectivity index (χ4n) is 2.64. The van der Waals surface area contributed by atoms with E-state index in [2.05, 4.69) is 31.9 Å². The molecule has 0 aliphatic rings. The average Bonchev–Trinajstić information content (AvgIpc) is 3.28. The molecule has 1 heterocycles. The van der Waals surface area contributed by atoms with Crippen LogP contribution in [0.25, 0.3) is 0 Å². The number of hydrogen-bond donors (Lipinski definition) is 3. The molecule has 1 aromatic heterocycles. The number of hydrogen-bond acceptors (Lipinski definition) is 4. The number of anilines is 1. The van der Waals surface area contributed by atoms with Crippen molar-refractivity contribution < 1.29 is 14.4 Å². The van der Waals surface area contributed by atoms with Crippen molar-refractivity contribution in [3.05, 3.63) is 86.0 Å². The average molecular weight is 486 g/mol. The van der Waals surface area contributed by atoms with Crippen LogP contribution in [0, 0.1) is 6.92 Å². The highest BCUT2D eigenvalue weighted by Crippen LogP contribution is 2.19. The molecule has 3 aromatic rings. The van der Waals surface area contributed by atoms with Gasteiger partial charge >= 0.3 is 0 Å². The Kier molecular flexibility index (Phi) is 7.37. The van der Waals surface area contributed by atoms with Crippen LogP contribution < -0.4 is 16.0 Å². The molecule has 3 amide bonds. The first-order valence-corrected chi connectivity index (χ1v) is 10.8. The van der Waals surface area contributed by atoms with Crippen molar-refractivity contribution in [2.75, 3.05) is 11.9 Å². The lowest BCUT2D eigenvalue weighted by atomic mass is 10.1. The summed E-state index contributed by atoms with van der Waals surface area (Å²) in [5.74, 6) is -0.775. The second-order valence-corrected chi connectivity index (χ2v) is 8.35. The Morgan fingerprint density at radius 1 is 0.967 bits per heavy atom. The van der Waals surface area contributed by atoms with Crippen LogP contribution in [0.3, 0.4) is 0 Å². The first-order valence-electron chi connectivity index (χ1n) is 9.17. The minimum absolute atomic E-state index is 0.126. The fourth-order valence-corrected chi connectivity index (χ4v) is 3.53. The number of carbonyl (C=O) groups excluding carboxylic acids is 3. The largest absolute Gasteiger partial charge is 0.347 e. The lowest BCUT2D eigenvalue weighted by Gasteiger charge is -2.09. The molecule has 0 radical (unpaired) electrons. The molecule has 0 saturated carbocycles. The van der Waals surface area contributed by atoms with Crippen molar-refractivity contribution in [3.8, 4) is 0 Å². The summed E-state index contributed by atoms with van der Waals surface area (Å²) < 4.78 is 0.961. The number of benzene rings is 2. The monoisotopic (exact) mass is 485 g/mol. The Hall–Kier alpha value is -2.97. The molecule has 0 unspecified atom stereocenters. The van der Waals surface area contributed by atoms with Crippen molar-refractivity contribution in [2.45, 2.75) is 13.5 Å². The van der Waals surface area contributed by atoms with Crippen LogP contribution in [-0.4, -0.2) is 24.3 Å². The van der Waals surface area contributed by atoms with Gasteiger partial charge < -0.3 is 16.0 Å². The van der Waals surface area contributed by atoms with Crippen LogP contribution in [0.1, 0.15) is 31.2 Å². The van der Waals surface area contributed by atoms with E-state index >= 15 is 0 Å². The van der Waals surface area contributed by atoms with Crippen molar-refractivity contribution >= 4 is 50.7 Å². The van der Waals surface area contributed by atoms with Crippen molar-refractivity contribution in [3.63, 3.8) is 0 Å². The minimum atomic E-state index is -0.341. The molecule has 8 heteroatoms. The number of halogens is 1. The van der Waals surface area contributed by atoms with Gasteiger partial charge in [0.25, 0.3) is 11.8 Å². The summed E-state index contributed by atoms with van der Waals surface area (Å²) in [5.41, 5.74) is 2.99. The second-order valence-electron chi connectivity index (χ2n) is 6.55. The van der Waals surface area contributed by atoms with Crippen LogP contribution in [0.2, 0.25) is 0 Å². The lowest BCUT2D eigenvalue weighted by Crippen LogP contribution is -2.32. The van der Waals surface area contributed by atoms with Gasteiger partial charge in [0.15, 0.2) is 0 Å². The topological polar surface area (TPSA) is 87.3 Å². The number of nitrogens with one attached hydrogen (secondary N) is 3. The molecule has 6 nitrogen and oxygen atoms in total. The van der Waals surface area contributed by atoms with Gasteiger partial charge in [-0.15, -0.1) is 11.3 Å². The first kappa shape index (κ1) is 21.7. The molecule has 3 N–H and O–H groups in total. The van der Waals surface area contributed by atoms with Crippen LogP contribution in [0.5, 0.6) is 0 Å². The van der Waals surface area contributed by atoms with Gasteiger partial charge in [-0.1, -0.05) is 34.1 Å². The molecule has 0 aliphatic heterocycles. The maximum atomic E-state index is 12.3. The molecule has 0 atom stereocenters. The Labute approximate surface area is 186 Å². The number of thiophene rings is 1. The van der Waals surface area contributed by atoms with Gasteiger partial charge in [-0.05, 0) is 59.8 Å². The molecule has 0 saturated heterocycles. The van der Waals surface area contributed by atoms with E-state index in [1.54, 1.807) is 36.4 Å². The van der Waals surface area contributed by atoms with E-state index in [9.17, 15) is 14.4 Å². The van der Waals surface area contributed by atoms with Gasteiger partial charge in [0.05, 0.1) is 11.4 Å². The molecule has 0 aliphatic carbocycles. The molecule has 30 heavy (non-hydrogen) atoms. The highest BCUT2D eigenvalue weighted by molar-refractivity contribution is 9.10. The standard InChI is InChI=1S/C22H20BrN3O3S/c1-14-11-17(8-9-18(14)23)26-20(27)13-25-21(28)16-6-4-15(5-7-16)12-24-22(29)19-3-2-10-30-19/h2-11H,12-13H2,1H3,(H,24,29)(H,25,28)(H,26,27). The third-order valence-electron chi connectivity index (χ3n) is 4.27. The van der Waals surface area contributed by atoms with E-state index in [-0.39, 0.29) is 24.3 Å². The third-order valence-corrected chi connectivity index (χ3v) is 6.02. The van der Waals surface area contributed by atoms with Gasteiger partial charge in [0.2, 0.25) is 5.91 Å². The highest BCUT2D eigenvalue weighted by Gasteiger charge is 2.10. The second kappa shape index (κ2) is 10.2. The van der Waals surface area contributed by atoms with Crippen LogP contribution in [0.4, 0.5) is 5.69 Å². The highest BCUT2D eigenvalue weighted by atomic mass is 79.9. The third kappa shape index (κ3) is 6.01. The smallest absolute Gasteiger partial charge is 0.261 e. The van der Waals surface area contributed by atoms with E-state index in [0.717, 1.165) is 15.6 Å². The van der Waals surface area contributed by atoms with E-state index in [0.29, 0.717) is 22.7 Å². The summed E-state index contributed by atoms with van der Waals surface area (Å²) in [4.78, 5) is 37.0. The summed E-state index contributed by atoms with van der Waals surface area (Å²) in [6.07, 6.45) is 0. The first-order chi connectivity index (χ1) is 14.4. The maximum Gasteiger partial charge on any atom is 0.261 e. The van der Waals surface area contributed by atoms with Crippen molar-refractivity contribution in [1.82, 2.24) is 10.6 Å². The Bertz CT molecular complexity index is 1050. The van der Waals surface area contributed by atoms with E-state index < -0.39 is 0 Å². The summed E-state index contributed by atoms with van der Waals surface area (Å²) in [5, 5.41) is 10.0. The molecule has 0 fully saturated rings. The predicted molar refractivity (Wildman–Crippen MR) is 122 cm³/mol. The minimum Gasteiger partial charge on any atom is -0.347 e. The summed E-state index contributed by atoms with van der Waals surface area (Å²) >= 11 is 4.79. The van der Waals surface area contributed by atoms with Gasteiger partial charge in [-0.25, -0.2) is 0 Å². The van der Waals surface area contributed by atoms with Crippen LogP contribution in [-0.2, 0) is 11.3 Å². The van der Waals surface area contributed by atoms with Crippen LogP contribution >= 0.6 is 27.3 Å². The maximum absolute atomic E-state index is 12.3. The lowest BCUT2D eigenvalue weighted by molar-refractivity contribution is -0.115. The van der Waals surface area contributed by atoms with Gasteiger partial charge in [-0.2, -0.15) is 0 Å². The summed E-state index contributed by atoms with van der Waals surface area (Å²) in [6, 6.07) is 16.0. The van der Waals surface area contributed by atoms with Crippen molar-refractivity contribution in [2.24, 2.45) is 0 Å². The molecule has 2 aromatic carbocycles. The molecular weight excluding hydrogens is 466 g/mol. The van der Waals surface area contributed by atoms with E-state index in [4.69, 9.17) is 0 Å². The van der Waals surface area contributed by atoms with E-state index in [1.807, 2.05) is 30.5 Å². The molecule has 0 spiro atoms. The quantitative estimate of drug-likeness (QED) is 0.470. The van der Waals surface area contributed by atoms with E-state index in [1.165, 1.54) is 11.3 Å². The Morgan fingerprint density at radius 3 is 2.40 bits per heavy atom. The zero-order chi connectivity index (χ0) is 21.5. The molecule has 154 valence electrons. The zero-order valence-corrected chi connectivity index (χ0v) is 18.6.